The highest BCUT2D eigenvalue weighted by molar-refractivity contribution is 9.10. The van der Waals surface area contributed by atoms with Crippen LogP contribution in [0.4, 0.5) is 11.6 Å². The van der Waals surface area contributed by atoms with Gasteiger partial charge in [-0.2, -0.15) is 4.98 Å². The number of benzene rings is 1. The molecule has 0 radical (unpaired) electrons. The van der Waals surface area contributed by atoms with Gasteiger partial charge in [-0.1, -0.05) is 33.8 Å². The number of thioether (sulfide) groups is 1. The van der Waals surface area contributed by atoms with Crippen molar-refractivity contribution >= 4 is 45.3 Å². The van der Waals surface area contributed by atoms with E-state index in [1.165, 1.54) is 23.9 Å². The number of aromatic nitrogens is 3. The number of halogens is 1. The highest BCUT2D eigenvalue weighted by atomic mass is 79.9. The molecule has 3 heterocycles. The second-order valence-corrected chi connectivity index (χ2v) is 7.92. The quantitative estimate of drug-likeness (QED) is 0.223. The highest BCUT2D eigenvalue weighted by Gasteiger charge is 2.24. The Morgan fingerprint density at radius 3 is 2.97 bits per heavy atom. The van der Waals surface area contributed by atoms with Crippen LogP contribution in [0, 0.1) is 10.1 Å². The van der Waals surface area contributed by atoms with E-state index in [2.05, 4.69) is 43.0 Å². The van der Waals surface area contributed by atoms with E-state index in [-0.39, 0.29) is 5.88 Å². The molecule has 0 aliphatic carbocycles. The van der Waals surface area contributed by atoms with E-state index in [0.29, 0.717) is 28.2 Å². The lowest BCUT2D eigenvalue weighted by molar-refractivity contribution is -0.402. The van der Waals surface area contributed by atoms with Crippen molar-refractivity contribution in [3.05, 3.63) is 69.4 Å². The van der Waals surface area contributed by atoms with Gasteiger partial charge in [-0.05, 0) is 36.4 Å². The molecule has 1 N–H and O–H groups in total. The molecule has 0 saturated heterocycles. The Balaban J connectivity index is 1.69. The van der Waals surface area contributed by atoms with Crippen LogP contribution in [-0.2, 0) is 0 Å². The number of ether oxygens (including phenoxy) is 1. The summed E-state index contributed by atoms with van der Waals surface area (Å²) in [6, 6.07) is 8.49. The molecule has 152 valence electrons. The van der Waals surface area contributed by atoms with E-state index in [9.17, 15) is 10.1 Å². The molecule has 0 amide bonds. The predicted octanol–water partition coefficient (Wildman–Crippen LogP) is 4.92. The SMILES string of the molecule is C=CCSc1nnc2c(n1)OC(C=Cc1ccc([N+](=O)[O-])o1)Nc1ccc(Br)cc1-2. The van der Waals surface area contributed by atoms with Crippen molar-refractivity contribution in [2.75, 3.05) is 11.1 Å². The number of furan rings is 1. The average Bonchev–Trinajstić information content (AvgIpc) is 3.15. The summed E-state index contributed by atoms with van der Waals surface area (Å²) >= 11 is 4.87. The fourth-order valence-corrected chi connectivity index (χ4v) is 3.56. The summed E-state index contributed by atoms with van der Waals surface area (Å²) in [7, 11) is 0. The lowest BCUT2D eigenvalue weighted by atomic mass is 10.1. The lowest BCUT2D eigenvalue weighted by Crippen LogP contribution is -2.23. The summed E-state index contributed by atoms with van der Waals surface area (Å²) < 4.78 is 12.1. The van der Waals surface area contributed by atoms with E-state index in [1.807, 2.05) is 18.2 Å². The molecule has 1 aliphatic heterocycles. The Bertz CT molecular complexity index is 1150. The number of nitro groups is 1. The van der Waals surface area contributed by atoms with Gasteiger partial charge >= 0.3 is 5.88 Å². The van der Waals surface area contributed by atoms with Crippen molar-refractivity contribution in [3.63, 3.8) is 0 Å². The molecule has 11 heteroatoms. The minimum absolute atomic E-state index is 0.320. The molecule has 3 aromatic rings. The van der Waals surface area contributed by atoms with E-state index < -0.39 is 11.2 Å². The maximum atomic E-state index is 10.8. The second kappa shape index (κ2) is 8.67. The monoisotopic (exact) mass is 487 g/mol. The van der Waals surface area contributed by atoms with Crippen LogP contribution >= 0.6 is 27.7 Å². The van der Waals surface area contributed by atoms with Crippen molar-refractivity contribution in [1.29, 1.82) is 0 Å². The van der Waals surface area contributed by atoms with E-state index in [0.717, 1.165) is 15.7 Å². The Labute approximate surface area is 183 Å². The first-order valence-electron chi connectivity index (χ1n) is 8.67. The smallest absolute Gasteiger partial charge is 0.433 e. The third-order valence-electron chi connectivity index (χ3n) is 3.97. The number of rotatable bonds is 6. The Morgan fingerprint density at radius 2 is 2.20 bits per heavy atom. The minimum Gasteiger partial charge on any atom is -0.448 e. The van der Waals surface area contributed by atoms with E-state index in [4.69, 9.17) is 9.15 Å². The average molecular weight is 488 g/mol. The van der Waals surface area contributed by atoms with E-state index in [1.54, 1.807) is 18.2 Å². The van der Waals surface area contributed by atoms with Gasteiger partial charge in [-0.25, -0.2) is 0 Å². The maximum Gasteiger partial charge on any atom is 0.433 e. The first-order valence-corrected chi connectivity index (χ1v) is 10.5. The molecular formula is C19H14BrN5O4S. The third-order valence-corrected chi connectivity index (χ3v) is 5.29. The van der Waals surface area contributed by atoms with Crippen LogP contribution in [-0.4, -0.2) is 32.1 Å². The van der Waals surface area contributed by atoms with Crippen molar-refractivity contribution in [2.45, 2.75) is 11.4 Å². The van der Waals surface area contributed by atoms with Crippen LogP contribution in [0.25, 0.3) is 17.3 Å². The predicted molar refractivity (Wildman–Crippen MR) is 116 cm³/mol. The summed E-state index contributed by atoms with van der Waals surface area (Å²) in [6.07, 6.45) is 4.41. The third kappa shape index (κ3) is 4.36. The summed E-state index contributed by atoms with van der Waals surface area (Å²) in [6.45, 7) is 3.69. The molecule has 1 unspecified atom stereocenters. The van der Waals surface area contributed by atoms with Crippen LogP contribution < -0.4 is 10.1 Å². The number of fused-ring (bicyclic) bond motifs is 3. The van der Waals surface area contributed by atoms with Gasteiger partial charge in [-0.15, -0.1) is 16.8 Å². The zero-order chi connectivity index (χ0) is 21.1. The van der Waals surface area contributed by atoms with Crippen LogP contribution in [0.15, 0.2) is 63.1 Å². The Hall–Kier alpha value is -3.18. The normalized spacial score (nSPS) is 14.9. The molecule has 0 fully saturated rings. The molecule has 1 aliphatic rings. The van der Waals surface area contributed by atoms with Gasteiger partial charge in [0.25, 0.3) is 0 Å². The largest absolute Gasteiger partial charge is 0.448 e. The van der Waals surface area contributed by atoms with Crippen molar-refractivity contribution in [2.24, 2.45) is 0 Å². The summed E-state index contributed by atoms with van der Waals surface area (Å²) in [5, 5.41) is 23.0. The van der Waals surface area contributed by atoms with Crippen LogP contribution in [0.3, 0.4) is 0 Å². The zero-order valence-corrected chi connectivity index (χ0v) is 17.7. The van der Waals surface area contributed by atoms with Crippen LogP contribution in [0.1, 0.15) is 5.76 Å². The number of hydrogen-bond donors (Lipinski definition) is 1. The Kier molecular flexibility index (Phi) is 5.81. The first-order chi connectivity index (χ1) is 14.5. The Morgan fingerprint density at radius 1 is 1.33 bits per heavy atom. The van der Waals surface area contributed by atoms with Gasteiger partial charge in [0.05, 0.1) is 6.07 Å². The van der Waals surface area contributed by atoms with Gasteiger partial charge < -0.3 is 14.5 Å². The molecule has 0 bridgehead atoms. The van der Waals surface area contributed by atoms with Crippen molar-refractivity contribution in [1.82, 2.24) is 15.2 Å². The first kappa shape index (κ1) is 20.1. The fourth-order valence-electron chi connectivity index (χ4n) is 2.68. The number of hydrogen-bond acceptors (Lipinski definition) is 9. The van der Waals surface area contributed by atoms with Crippen molar-refractivity contribution < 1.29 is 14.1 Å². The molecule has 0 spiro atoms. The van der Waals surface area contributed by atoms with Gasteiger partial charge in [0, 0.05) is 21.5 Å². The van der Waals surface area contributed by atoms with Gasteiger partial charge in [-0.3, -0.25) is 10.1 Å². The van der Waals surface area contributed by atoms with Gasteiger partial charge in [0.1, 0.15) is 10.7 Å². The molecule has 0 saturated carbocycles. The summed E-state index contributed by atoms with van der Waals surface area (Å²) in [5.74, 6) is 0.962. The highest BCUT2D eigenvalue weighted by Crippen LogP contribution is 2.38. The standard InChI is InChI=1S/C19H14BrN5O4S/c1-2-9-30-19-22-18-17(23-24-19)13-10-11(20)3-6-14(13)21-15(29-18)7-4-12-5-8-16(28-12)25(26)27/h2-8,10,15,21H,1,9H2. The van der Waals surface area contributed by atoms with Crippen LogP contribution in [0.2, 0.25) is 0 Å². The molecular weight excluding hydrogens is 474 g/mol. The zero-order valence-electron chi connectivity index (χ0n) is 15.3. The molecule has 4 rings (SSSR count). The topological polar surface area (TPSA) is 116 Å². The van der Waals surface area contributed by atoms with Crippen LogP contribution in [0.5, 0.6) is 5.88 Å². The van der Waals surface area contributed by atoms with Gasteiger partial charge in [0.15, 0.2) is 11.9 Å². The molecule has 30 heavy (non-hydrogen) atoms. The van der Waals surface area contributed by atoms with E-state index >= 15 is 0 Å². The molecule has 1 atom stereocenters. The summed E-state index contributed by atoms with van der Waals surface area (Å²) in [4.78, 5) is 14.7. The lowest BCUT2D eigenvalue weighted by Gasteiger charge is -2.15. The molecule has 1 aromatic carbocycles. The molecule has 9 nitrogen and oxygen atoms in total. The van der Waals surface area contributed by atoms with Crippen molar-refractivity contribution in [3.8, 4) is 17.1 Å². The second-order valence-electron chi connectivity index (χ2n) is 6.01. The summed E-state index contributed by atoms with van der Waals surface area (Å²) in [5.41, 5.74) is 2.06. The van der Waals surface area contributed by atoms with Gasteiger partial charge in [0.2, 0.25) is 11.0 Å². The number of nitrogens with zero attached hydrogens (tertiary/aromatic N) is 4. The fraction of sp³-hybridized carbons (Fsp3) is 0.105. The molecule has 2 aromatic heterocycles. The number of nitrogens with one attached hydrogen (secondary N) is 1. The maximum absolute atomic E-state index is 10.8. The number of anilines is 1. The minimum atomic E-state index is -0.621.